The van der Waals surface area contributed by atoms with Gasteiger partial charge in [0.25, 0.3) is 0 Å². The predicted octanol–water partition coefficient (Wildman–Crippen LogP) is 2.99. The fourth-order valence-corrected chi connectivity index (χ4v) is 4.61. The first kappa shape index (κ1) is 20.0. The Kier molecular flexibility index (Phi) is 5.50. The Morgan fingerprint density at radius 2 is 2.13 bits per heavy atom. The van der Waals surface area contributed by atoms with Crippen LogP contribution in [0, 0.1) is 34.3 Å². The van der Waals surface area contributed by atoms with Gasteiger partial charge in [-0.05, 0) is 56.0 Å². The number of hydrogen-bond acceptors (Lipinski definition) is 8. The van der Waals surface area contributed by atoms with Gasteiger partial charge in [0.1, 0.15) is 5.69 Å². The van der Waals surface area contributed by atoms with Gasteiger partial charge in [-0.1, -0.05) is 12.1 Å². The van der Waals surface area contributed by atoms with Gasteiger partial charge in [0, 0.05) is 19.0 Å². The molecule has 2 aromatic rings. The summed E-state index contributed by atoms with van der Waals surface area (Å²) in [6.45, 7) is 5.18. The molecule has 0 aliphatic carbocycles. The van der Waals surface area contributed by atoms with E-state index in [1.807, 2.05) is 18.2 Å². The zero-order valence-electron chi connectivity index (χ0n) is 17.1. The smallest absolute Gasteiger partial charge is 0.332 e. The Bertz CT molecular complexity index is 1010. The highest BCUT2D eigenvalue weighted by molar-refractivity contribution is 5.59. The molecule has 4 heterocycles. The van der Waals surface area contributed by atoms with Crippen molar-refractivity contribution in [2.24, 2.45) is 5.92 Å². The monoisotopic (exact) mass is 408 g/mol. The Balaban J connectivity index is 1.56. The molecule has 1 atom stereocenters. The summed E-state index contributed by atoms with van der Waals surface area (Å²) in [6, 6.07) is 8.31. The summed E-state index contributed by atoms with van der Waals surface area (Å²) in [6.07, 6.45) is 2.38. The number of aryl methyl sites for hydroxylation is 1. The number of ether oxygens (including phenoxy) is 1. The molecule has 0 radical (unpaired) electrons. The van der Waals surface area contributed by atoms with Crippen LogP contribution in [0.5, 0.6) is 6.01 Å². The summed E-state index contributed by atoms with van der Waals surface area (Å²) >= 11 is 0. The van der Waals surface area contributed by atoms with Gasteiger partial charge in [-0.3, -0.25) is 10.1 Å². The minimum atomic E-state index is -0.506. The molecule has 3 aliphatic rings. The van der Waals surface area contributed by atoms with Gasteiger partial charge < -0.3 is 15.0 Å². The molecule has 1 unspecified atom stereocenters. The predicted molar refractivity (Wildman–Crippen MR) is 110 cm³/mol. The van der Waals surface area contributed by atoms with Crippen LogP contribution in [0.25, 0.3) is 0 Å². The molecule has 1 N–H and O–H groups in total. The second kappa shape index (κ2) is 8.24. The molecule has 9 nitrogen and oxygen atoms in total. The average molecular weight is 408 g/mol. The second-order valence-electron chi connectivity index (χ2n) is 7.88. The van der Waals surface area contributed by atoms with Crippen LogP contribution < -0.4 is 10.1 Å². The number of hydrogen-bond donors (Lipinski definition) is 1. The van der Waals surface area contributed by atoms with E-state index in [2.05, 4.69) is 26.3 Å². The SMILES string of the molecule is COc1nc(C)c([N+](=O)[O-])c(NCc2ccc(C3CN4CCC3CC4)c(C#N)c2)n1. The summed E-state index contributed by atoms with van der Waals surface area (Å²) in [4.78, 5) is 21.5. The molecule has 9 heteroatoms. The minimum Gasteiger partial charge on any atom is -0.467 e. The van der Waals surface area contributed by atoms with Crippen LogP contribution in [0.3, 0.4) is 0 Å². The van der Waals surface area contributed by atoms with Crippen LogP contribution in [-0.2, 0) is 6.54 Å². The number of nitrogens with one attached hydrogen (secondary N) is 1. The topological polar surface area (TPSA) is 117 Å². The largest absolute Gasteiger partial charge is 0.467 e. The third-order valence-corrected chi connectivity index (χ3v) is 6.16. The van der Waals surface area contributed by atoms with Gasteiger partial charge in [0.05, 0.1) is 23.7 Å². The van der Waals surface area contributed by atoms with Gasteiger partial charge >= 0.3 is 11.7 Å². The first-order valence-electron chi connectivity index (χ1n) is 10.1. The molecule has 0 spiro atoms. The lowest BCUT2D eigenvalue weighted by Gasteiger charge is -2.45. The number of nitro groups is 1. The number of methoxy groups -OCH3 is 1. The number of piperidine rings is 3. The maximum Gasteiger partial charge on any atom is 0.332 e. The highest BCUT2D eigenvalue weighted by Gasteiger charge is 2.36. The summed E-state index contributed by atoms with van der Waals surface area (Å²) in [7, 11) is 1.41. The van der Waals surface area contributed by atoms with E-state index in [4.69, 9.17) is 4.74 Å². The maximum atomic E-state index is 11.4. The van der Waals surface area contributed by atoms with Gasteiger partial charge in [-0.15, -0.1) is 0 Å². The third kappa shape index (κ3) is 3.78. The Morgan fingerprint density at radius 3 is 2.73 bits per heavy atom. The normalized spacial score (nSPS) is 22.4. The molecule has 30 heavy (non-hydrogen) atoms. The van der Waals surface area contributed by atoms with Crippen LogP contribution in [0.2, 0.25) is 0 Å². The number of rotatable bonds is 6. The number of aromatic nitrogens is 2. The van der Waals surface area contributed by atoms with Crippen molar-refractivity contribution >= 4 is 11.5 Å². The van der Waals surface area contributed by atoms with Crippen molar-refractivity contribution in [2.75, 3.05) is 32.1 Å². The van der Waals surface area contributed by atoms with Crippen molar-refractivity contribution in [1.82, 2.24) is 14.9 Å². The van der Waals surface area contributed by atoms with Gasteiger partial charge in [0.2, 0.25) is 5.82 Å². The quantitative estimate of drug-likeness (QED) is 0.573. The number of benzene rings is 1. The summed E-state index contributed by atoms with van der Waals surface area (Å²) < 4.78 is 5.03. The number of nitriles is 1. The third-order valence-electron chi connectivity index (χ3n) is 6.16. The van der Waals surface area contributed by atoms with Crippen molar-refractivity contribution in [3.63, 3.8) is 0 Å². The van der Waals surface area contributed by atoms with Crippen LogP contribution in [0.4, 0.5) is 11.5 Å². The molecule has 3 fully saturated rings. The molecular weight excluding hydrogens is 384 g/mol. The van der Waals surface area contributed by atoms with Crippen LogP contribution in [0.1, 0.15) is 41.1 Å². The van der Waals surface area contributed by atoms with E-state index < -0.39 is 4.92 Å². The Labute approximate surface area is 174 Å². The number of nitrogens with zero attached hydrogens (tertiary/aromatic N) is 5. The molecule has 3 aliphatic heterocycles. The molecule has 156 valence electrons. The molecule has 1 aromatic carbocycles. The van der Waals surface area contributed by atoms with E-state index in [1.165, 1.54) is 20.0 Å². The number of anilines is 1. The molecule has 2 bridgehead atoms. The second-order valence-corrected chi connectivity index (χ2v) is 7.88. The van der Waals surface area contributed by atoms with Crippen molar-refractivity contribution in [3.8, 4) is 12.1 Å². The first-order valence-corrected chi connectivity index (χ1v) is 10.1. The van der Waals surface area contributed by atoms with Crippen LogP contribution >= 0.6 is 0 Å². The summed E-state index contributed by atoms with van der Waals surface area (Å²) in [5, 5.41) is 24.2. The lowest BCUT2D eigenvalue weighted by atomic mass is 9.74. The van der Waals surface area contributed by atoms with E-state index in [0.29, 0.717) is 23.9 Å². The molecule has 1 aromatic heterocycles. The van der Waals surface area contributed by atoms with Crippen molar-refractivity contribution < 1.29 is 9.66 Å². The fourth-order valence-electron chi connectivity index (χ4n) is 4.61. The van der Waals surface area contributed by atoms with Gasteiger partial charge in [0.15, 0.2) is 0 Å². The van der Waals surface area contributed by atoms with E-state index in [9.17, 15) is 15.4 Å². The Morgan fingerprint density at radius 1 is 1.37 bits per heavy atom. The van der Waals surface area contributed by atoms with E-state index in [0.717, 1.165) is 30.8 Å². The minimum absolute atomic E-state index is 0.0658. The zero-order chi connectivity index (χ0) is 21.3. The lowest BCUT2D eigenvalue weighted by molar-refractivity contribution is -0.385. The molecule has 5 rings (SSSR count). The highest BCUT2D eigenvalue weighted by atomic mass is 16.6. The Hall–Kier alpha value is -3.25. The van der Waals surface area contributed by atoms with Crippen molar-refractivity contribution in [3.05, 3.63) is 50.7 Å². The summed E-state index contributed by atoms with van der Waals surface area (Å²) in [5.74, 6) is 1.15. The molecular formula is C21H24N6O3. The van der Waals surface area contributed by atoms with Gasteiger partial charge in [-0.2, -0.15) is 15.2 Å². The lowest BCUT2D eigenvalue weighted by Crippen LogP contribution is -2.46. The van der Waals surface area contributed by atoms with E-state index in [1.54, 1.807) is 6.92 Å². The molecule has 0 saturated carbocycles. The van der Waals surface area contributed by atoms with Crippen molar-refractivity contribution in [1.29, 1.82) is 5.26 Å². The van der Waals surface area contributed by atoms with E-state index in [-0.39, 0.29) is 23.2 Å². The highest BCUT2D eigenvalue weighted by Crippen LogP contribution is 2.40. The average Bonchev–Trinajstić information content (AvgIpc) is 2.77. The molecule has 0 amide bonds. The van der Waals surface area contributed by atoms with E-state index >= 15 is 0 Å². The van der Waals surface area contributed by atoms with Crippen molar-refractivity contribution in [2.45, 2.75) is 32.2 Å². The molecule has 3 saturated heterocycles. The standard InChI is InChI=1S/C21H24N6O3/c1-13-19(27(28)29)20(25-21(24-13)30-2)23-11-14-3-4-17(16(9-14)10-22)18-12-26-7-5-15(18)6-8-26/h3-4,9,15,18H,5-8,11-12H2,1-2H3,(H,23,24,25). The first-order chi connectivity index (χ1) is 14.5. The van der Waals surface area contributed by atoms with Gasteiger partial charge in [-0.25, -0.2) is 0 Å². The van der Waals surface area contributed by atoms with Crippen LogP contribution in [-0.4, -0.2) is 46.5 Å². The summed E-state index contributed by atoms with van der Waals surface area (Å²) in [5.41, 5.74) is 2.70. The number of fused-ring (bicyclic) bond motifs is 3. The fraction of sp³-hybridized carbons (Fsp3) is 0.476. The van der Waals surface area contributed by atoms with Crippen LogP contribution in [0.15, 0.2) is 18.2 Å². The maximum absolute atomic E-state index is 11.4. The zero-order valence-corrected chi connectivity index (χ0v) is 17.1.